The third kappa shape index (κ3) is 4.05. The number of rotatable bonds is 5. The molecule has 0 atom stereocenters. The Labute approximate surface area is 116 Å². The van der Waals surface area contributed by atoms with Gasteiger partial charge >= 0.3 is 0 Å². The van der Waals surface area contributed by atoms with Crippen molar-refractivity contribution in [2.24, 2.45) is 5.41 Å². The van der Waals surface area contributed by atoms with Crippen molar-refractivity contribution in [3.05, 3.63) is 15.4 Å². The maximum Gasteiger partial charge on any atom is 0.250 e. The molecule has 0 amide bonds. The minimum atomic E-state index is -3.37. The Morgan fingerprint density at radius 1 is 1.47 bits per heavy atom. The van der Waals surface area contributed by atoms with Crippen molar-refractivity contribution in [2.45, 2.75) is 38.3 Å². The Kier molecular flexibility index (Phi) is 4.80. The Morgan fingerprint density at radius 3 is 2.47 bits per heavy atom. The van der Waals surface area contributed by atoms with Gasteiger partial charge in [0.05, 0.1) is 3.79 Å². The maximum atomic E-state index is 12.0. The van der Waals surface area contributed by atoms with Crippen LogP contribution in [-0.4, -0.2) is 15.0 Å². The molecule has 17 heavy (non-hydrogen) atoms. The molecule has 98 valence electrons. The fraction of sp³-hybridized carbons (Fsp3) is 0.636. The molecule has 0 bridgehead atoms. The quantitative estimate of drug-likeness (QED) is 0.891. The third-order valence-electron chi connectivity index (χ3n) is 2.80. The first kappa shape index (κ1) is 15.1. The van der Waals surface area contributed by atoms with Gasteiger partial charge in [0.15, 0.2) is 0 Å². The fourth-order valence-electron chi connectivity index (χ4n) is 1.05. The first-order chi connectivity index (χ1) is 7.68. The van der Waals surface area contributed by atoms with E-state index >= 15 is 0 Å². The zero-order valence-electron chi connectivity index (χ0n) is 10.5. The van der Waals surface area contributed by atoms with Crippen LogP contribution in [0.1, 0.15) is 32.8 Å². The lowest BCUT2D eigenvalue weighted by atomic mass is 9.91. The van der Waals surface area contributed by atoms with Crippen molar-refractivity contribution < 1.29 is 8.42 Å². The molecule has 1 N–H and O–H groups in total. The minimum Gasteiger partial charge on any atom is -0.210 e. The van der Waals surface area contributed by atoms with Crippen molar-refractivity contribution in [2.75, 3.05) is 6.54 Å². The topological polar surface area (TPSA) is 46.2 Å². The summed E-state index contributed by atoms with van der Waals surface area (Å²) in [5, 5.41) is 0. The smallest absolute Gasteiger partial charge is 0.210 e. The number of thiophene rings is 1. The number of aryl methyl sites for hydroxylation is 1. The van der Waals surface area contributed by atoms with Gasteiger partial charge in [-0.1, -0.05) is 20.8 Å². The lowest BCUT2D eigenvalue weighted by molar-refractivity contribution is 0.350. The molecule has 0 aromatic carbocycles. The lowest BCUT2D eigenvalue weighted by Gasteiger charge is -2.22. The van der Waals surface area contributed by atoms with E-state index in [1.54, 1.807) is 6.07 Å². The molecule has 0 saturated heterocycles. The highest BCUT2D eigenvalue weighted by Crippen LogP contribution is 2.30. The number of hydrogen-bond donors (Lipinski definition) is 1. The van der Waals surface area contributed by atoms with Crippen LogP contribution in [0.3, 0.4) is 0 Å². The monoisotopic (exact) mass is 339 g/mol. The zero-order chi connectivity index (χ0) is 13.3. The summed E-state index contributed by atoms with van der Waals surface area (Å²) in [7, 11) is -3.37. The molecule has 0 radical (unpaired) electrons. The van der Waals surface area contributed by atoms with Crippen LogP contribution in [0, 0.1) is 12.3 Å². The standard InChI is InChI=1S/C11H18BrNO2S2/c1-5-11(3,4)7-13-17(14,15)9-6-8(2)10(12)16-9/h6,13H,5,7H2,1-4H3. The van der Waals surface area contributed by atoms with E-state index in [1.807, 2.05) is 20.8 Å². The Morgan fingerprint density at radius 2 is 2.06 bits per heavy atom. The molecule has 6 heteroatoms. The summed E-state index contributed by atoms with van der Waals surface area (Å²) in [4.78, 5) is 0. The first-order valence-corrected chi connectivity index (χ1v) is 8.53. The molecule has 1 aromatic rings. The molecular weight excluding hydrogens is 322 g/mol. The van der Waals surface area contributed by atoms with Gasteiger partial charge in [0, 0.05) is 6.54 Å². The summed E-state index contributed by atoms with van der Waals surface area (Å²) in [5.74, 6) is 0. The van der Waals surface area contributed by atoms with Crippen molar-refractivity contribution in [3.8, 4) is 0 Å². The van der Waals surface area contributed by atoms with Gasteiger partial charge in [0.2, 0.25) is 10.0 Å². The van der Waals surface area contributed by atoms with Gasteiger partial charge in [-0.2, -0.15) is 0 Å². The van der Waals surface area contributed by atoms with Crippen LogP contribution in [0.2, 0.25) is 0 Å². The number of sulfonamides is 1. The molecule has 0 spiro atoms. The average molecular weight is 340 g/mol. The third-order valence-corrected chi connectivity index (χ3v) is 6.81. The molecule has 0 fully saturated rings. The highest BCUT2D eigenvalue weighted by atomic mass is 79.9. The largest absolute Gasteiger partial charge is 0.250 e. The normalized spacial score (nSPS) is 13.0. The molecule has 3 nitrogen and oxygen atoms in total. The zero-order valence-corrected chi connectivity index (χ0v) is 13.7. The highest BCUT2D eigenvalue weighted by Gasteiger charge is 2.22. The first-order valence-electron chi connectivity index (χ1n) is 5.43. The highest BCUT2D eigenvalue weighted by molar-refractivity contribution is 9.11. The molecule has 0 aliphatic rings. The molecule has 0 unspecified atom stereocenters. The fourth-order valence-corrected chi connectivity index (χ4v) is 4.56. The van der Waals surface area contributed by atoms with Crippen LogP contribution >= 0.6 is 27.3 Å². The van der Waals surface area contributed by atoms with E-state index in [2.05, 4.69) is 27.6 Å². The summed E-state index contributed by atoms with van der Waals surface area (Å²) >= 11 is 4.58. The summed E-state index contributed by atoms with van der Waals surface area (Å²) in [6.45, 7) is 8.49. The SMILES string of the molecule is CCC(C)(C)CNS(=O)(=O)c1cc(C)c(Br)s1. The molecule has 1 heterocycles. The molecule has 1 aromatic heterocycles. The van der Waals surface area contributed by atoms with Crippen molar-refractivity contribution in [3.63, 3.8) is 0 Å². The number of halogens is 1. The molecule has 0 aliphatic carbocycles. The molecule has 0 aliphatic heterocycles. The number of hydrogen-bond acceptors (Lipinski definition) is 3. The van der Waals surface area contributed by atoms with Gasteiger partial charge in [0.1, 0.15) is 4.21 Å². The van der Waals surface area contributed by atoms with E-state index in [4.69, 9.17) is 0 Å². The summed E-state index contributed by atoms with van der Waals surface area (Å²) in [6, 6.07) is 1.69. The van der Waals surface area contributed by atoms with Crippen LogP contribution in [0.4, 0.5) is 0 Å². The summed E-state index contributed by atoms with van der Waals surface area (Å²) in [6.07, 6.45) is 0.933. The molecule has 1 rings (SSSR count). The van der Waals surface area contributed by atoms with E-state index in [9.17, 15) is 8.42 Å². The van der Waals surface area contributed by atoms with Crippen LogP contribution < -0.4 is 4.72 Å². The van der Waals surface area contributed by atoms with Gasteiger partial charge in [-0.15, -0.1) is 11.3 Å². The maximum absolute atomic E-state index is 12.0. The number of nitrogens with one attached hydrogen (secondary N) is 1. The van der Waals surface area contributed by atoms with Crippen LogP contribution in [-0.2, 0) is 10.0 Å². The second-order valence-corrected chi connectivity index (χ2v) is 9.23. The van der Waals surface area contributed by atoms with E-state index in [1.165, 1.54) is 11.3 Å². The Hall–Kier alpha value is 0.0900. The van der Waals surface area contributed by atoms with Crippen LogP contribution in [0.25, 0.3) is 0 Å². The van der Waals surface area contributed by atoms with E-state index < -0.39 is 10.0 Å². The second kappa shape index (κ2) is 5.38. The molecule has 0 saturated carbocycles. The van der Waals surface area contributed by atoms with E-state index in [0.29, 0.717) is 10.8 Å². The molecular formula is C11H18BrNO2S2. The second-order valence-electron chi connectivity index (χ2n) is 4.86. The van der Waals surface area contributed by atoms with Gasteiger partial charge in [0.25, 0.3) is 0 Å². The van der Waals surface area contributed by atoms with Gasteiger partial charge in [-0.05, 0) is 46.3 Å². The van der Waals surface area contributed by atoms with Gasteiger partial charge < -0.3 is 0 Å². The Bertz CT molecular complexity index is 472. The Balaban J connectivity index is 2.83. The van der Waals surface area contributed by atoms with E-state index in [0.717, 1.165) is 15.8 Å². The van der Waals surface area contributed by atoms with Crippen LogP contribution in [0.15, 0.2) is 14.1 Å². The average Bonchev–Trinajstić information content (AvgIpc) is 2.58. The predicted octanol–water partition coefficient (Wildman–Crippen LogP) is 3.53. The van der Waals surface area contributed by atoms with Gasteiger partial charge in [-0.3, -0.25) is 0 Å². The predicted molar refractivity (Wildman–Crippen MR) is 76.0 cm³/mol. The van der Waals surface area contributed by atoms with Crippen LogP contribution in [0.5, 0.6) is 0 Å². The lowest BCUT2D eigenvalue weighted by Crippen LogP contribution is -2.33. The van der Waals surface area contributed by atoms with Gasteiger partial charge in [-0.25, -0.2) is 13.1 Å². The van der Waals surface area contributed by atoms with Crippen molar-refractivity contribution in [1.29, 1.82) is 0 Å². The van der Waals surface area contributed by atoms with E-state index in [-0.39, 0.29) is 5.41 Å². The van der Waals surface area contributed by atoms with Crippen molar-refractivity contribution >= 4 is 37.3 Å². The summed E-state index contributed by atoms with van der Waals surface area (Å²) in [5.41, 5.74) is 0.932. The minimum absolute atomic E-state index is 0.0173. The summed E-state index contributed by atoms with van der Waals surface area (Å²) < 4.78 is 28.0. The van der Waals surface area contributed by atoms with Crippen molar-refractivity contribution in [1.82, 2.24) is 4.72 Å².